The lowest BCUT2D eigenvalue weighted by Crippen LogP contribution is -2.03. The summed E-state index contributed by atoms with van der Waals surface area (Å²) < 4.78 is 11.8. The van der Waals surface area contributed by atoms with Gasteiger partial charge in [0.15, 0.2) is 0 Å². The molecule has 10 heteroatoms. The van der Waals surface area contributed by atoms with Gasteiger partial charge in [0.25, 0.3) is 11.4 Å². The van der Waals surface area contributed by atoms with Crippen molar-refractivity contribution >= 4 is 19.0 Å². The Morgan fingerprint density at radius 1 is 0.783 bits per heavy atom. The molecule has 0 heterocycles. The van der Waals surface area contributed by atoms with Crippen molar-refractivity contribution in [2.24, 2.45) is 0 Å². The maximum absolute atomic E-state index is 11.8. The summed E-state index contributed by atoms with van der Waals surface area (Å²) in [6, 6.07) is 9.58. The molecule has 120 valence electrons. The highest BCUT2D eigenvalue weighted by Gasteiger charge is 2.32. The quantitative estimate of drug-likeness (QED) is 0.484. The van der Waals surface area contributed by atoms with Crippen LogP contribution in [0.4, 0.5) is 11.4 Å². The average Bonchev–Trinajstić information content (AvgIpc) is 2.47. The molecule has 0 aliphatic carbocycles. The molecule has 0 aliphatic heterocycles. The molecule has 0 saturated heterocycles. The number of rotatable bonds is 5. The molecule has 2 rings (SSSR count). The highest BCUT2D eigenvalue weighted by molar-refractivity contribution is 7.52. The van der Waals surface area contributed by atoms with Crippen LogP contribution in [-0.2, 0) is 4.57 Å². The predicted octanol–water partition coefficient (Wildman–Crippen LogP) is 2.77. The number of nitro groups is 2. The van der Waals surface area contributed by atoms with E-state index >= 15 is 0 Å². The van der Waals surface area contributed by atoms with Gasteiger partial charge in [-0.25, -0.2) is 0 Å². The van der Waals surface area contributed by atoms with Gasteiger partial charge in [-0.15, -0.1) is 0 Å². The van der Waals surface area contributed by atoms with Crippen LogP contribution >= 0.6 is 7.60 Å². The van der Waals surface area contributed by atoms with E-state index in [1.54, 1.807) is 0 Å². The van der Waals surface area contributed by atoms with Crippen LogP contribution in [0.5, 0.6) is 0 Å². The number of hydrogen-bond donors (Lipinski definition) is 2. The molecule has 0 radical (unpaired) electrons. The number of nitro benzene ring substituents is 2. The molecule has 9 nitrogen and oxygen atoms in total. The van der Waals surface area contributed by atoms with Crippen molar-refractivity contribution in [1.82, 2.24) is 0 Å². The van der Waals surface area contributed by atoms with Crippen molar-refractivity contribution in [2.45, 2.75) is 5.66 Å². The van der Waals surface area contributed by atoms with E-state index in [0.717, 1.165) is 24.3 Å². The molecular formula is C13H11N2O7P. The van der Waals surface area contributed by atoms with Gasteiger partial charge in [-0.05, 0) is 11.1 Å². The SMILES string of the molecule is O=[N+]([O-])c1ccc(C(c2ccc([N+](=O)[O-])cc2)P(=O)(O)O)cc1. The third-order valence-corrected chi connectivity index (χ3v) is 4.44. The monoisotopic (exact) mass is 338 g/mol. The molecule has 2 N–H and O–H groups in total. The summed E-state index contributed by atoms with van der Waals surface area (Å²) in [7, 11) is -4.64. The lowest BCUT2D eigenvalue weighted by molar-refractivity contribution is -0.385. The van der Waals surface area contributed by atoms with Crippen molar-refractivity contribution in [3.05, 3.63) is 79.9 Å². The Kier molecular flexibility index (Phi) is 4.55. The Hall–Kier alpha value is -2.61. The van der Waals surface area contributed by atoms with Crippen LogP contribution in [0.25, 0.3) is 0 Å². The standard InChI is InChI=1S/C13H11N2O7P/c16-14(17)11-5-1-9(2-6-11)13(23(20,21)22)10-3-7-12(8-4-10)15(18)19/h1-8,13H,(H2,20,21,22). The van der Waals surface area contributed by atoms with Gasteiger partial charge < -0.3 is 9.79 Å². The number of non-ortho nitro benzene ring substituents is 2. The first-order chi connectivity index (χ1) is 10.7. The molecule has 0 fully saturated rings. The van der Waals surface area contributed by atoms with Gasteiger partial charge in [-0.1, -0.05) is 24.3 Å². The van der Waals surface area contributed by atoms with E-state index in [1.165, 1.54) is 24.3 Å². The van der Waals surface area contributed by atoms with Gasteiger partial charge >= 0.3 is 7.60 Å². The van der Waals surface area contributed by atoms with Gasteiger partial charge in [-0.2, -0.15) is 0 Å². The maximum Gasteiger partial charge on any atom is 0.337 e. The van der Waals surface area contributed by atoms with Crippen molar-refractivity contribution in [1.29, 1.82) is 0 Å². The minimum absolute atomic E-state index is 0.179. The summed E-state index contributed by atoms with van der Waals surface area (Å²) in [5.74, 6) is 0. The van der Waals surface area contributed by atoms with E-state index < -0.39 is 23.1 Å². The molecule has 0 aliphatic rings. The second-order valence-corrected chi connectivity index (χ2v) is 6.38. The van der Waals surface area contributed by atoms with Crippen LogP contribution < -0.4 is 0 Å². The van der Waals surface area contributed by atoms with E-state index in [1.807, 2.05) is 0 Å². The van der Waals surface area contributed by atoms with Crippen LogP contribution in [0.1, 0.15) is 16.8 Å². The van der Waals surface area contributed by atoms with E-state index in [2.05, 4.69) is 0 Å². The lowest BCUT2D eigenvalue weighted by atomic mass is 10.0. The summed E-state index contributed by atoms with van der Waals surface area (Å²) in [6.07, 6.45) is 0. The Labute approximate surface area is 129 Å². The third-order valence-electron chi connectivity index (χ3n) is 3.18. The van der Waals surface area contributed by atoms with Gasteiger partial charge in [0.1, 0.15) is 5.66 Å². The second-order valence-electron chi connectivity index (χ2n) is 4.69. The zero-order valence-corrected chi connectivity index (χ0v) is 12.4. The molecule has 0 spiro atoms. The van der Waals surface area contributed by atoms with Crippen molar-refractivity contribution in [2.75, 3.05) is 0 Å². The average molecular weight is 338 g/mol. The molecular weight excluding hydrogens is 327 g/mol. The second kappa shape index (κ2) is 6.25. The fourth-order valence-corrected chi connectivity index (χ4v) is 3.26. The lowest BCUT2D eigenvalue weighted by Gasteiger charge is -2.19. The molecule has 0 saturated carbocycles. The Bertz CT molecular complexity index is 725. The highest BCUT2D eigenvalue weighted by Crippen LogP contribution is 2.55. The van der Waals surface area contributed by atoms with Crippen LogP contribution in [0.2, 0.25) is 0 Å². The van der Waals surface area contributed by atoms with Crippen LogP contribution in [0.15, 0.2) is 48.5 Å². The Morgan fingerprint density at radius 3 is 1.30 bits per heavy atom. The van der Waals surface area contributed by atoms with Crippen molar-refractivity contribution < 1.29 is 24.2 Å². The Balaban J connectivity index is 2.47. The van der Waals surface area contributed by atoms with Crippen LogP contribution in [-0.4, -0.2) is 19.6 Å². The van der Waals surface area contributed by atoms with E-state index in [4.69, 9.17) is 0 Å². The van der Waals surface area contributed by atoms with Crippen LogP contribution in [0, 0.1) is 20.2 Å². The van der Waals surface area contributed by atoms with Crippen LogP contribution in [0.3, 0.4) is 0 Å². The van der Waals surface area contributed by atoms with E-state index in [9.17, 15) is 34.6 Å². The summed E-state index contributed by atoms with van der Waals surface area (Å²) >= 11 is 0. The summed E-state index contributed by atoms with van der Waals surface area (Å²) in [6.45, 7) is 0. The predicted molar refractivity (Wildman–Crippen MR) is 80.1 cm³/mol. The minimum atomic E-state index is -4.64. The molecule has 2 aromatic rings. The molecule has 0 bridgehead atoms. The first-order valence-electron chi connectivity index (χ1n) is 6.24. The van der Waals surface area contributed by atoms with Gasteiger partial charge in [0.05, 0.1) is 9.85 Å². The van der Waals surface area contributed by atoms with Gasteiger partial charge in [0, 0.05) is 24.3 Å². The molecule has 2 aromatic carbocycles. The molecule has 0 unspecified atom stereocenters. The smallest absolute Gasteiger partial charge is 0.324 e. The summed E-state index contributed by atoms with van der Waals surface area (Å²) in [5.41, 5.74) is -1.41. The molecule has 0 atom stereocenters. The number of nitrogens with zero attached hydrogens (tertiary/aromatic N) is 2. The zero-order chi connectivity index (χ0) is 17.2. The van der Waals surface area contributed by atoms with Crippen molar-refractivity contribution in [3.63, 3.8) is 0 Å². The first kappa shape index (κ1) is 16.8. The van der Waals surface area contributed by atoms with Crippen molar-refractivity contribution in [3.8, 4) is 0 Å². The third kappa shape index (κ3) is 3.78. The fourth-order valence-electron chi connectivity index (χ4n) is 2.14. The molecule has 23 heavy (non-hydrogen) atoms. The Morgan fingerprint density at radius 2 is 1.09 bits per heavy atom. The molecule has 0 aromatic heterocycles. The number of benzene rings is 2. The highest BCUT2D eigenvalue weighted by atomic mass is 31.2. The first-order valence-corrected chi connectivity index (χ1v) is 7.92. The maximum atomic E-state index is 11.8. The molecule has 0 amide bonds. The largest absolute Gasteiger partial charge is 0.337 e. The van der Waals surface area contributed by atoms with Gasteiger partial charge in [-0.3, -0.25) is 24.8 Å². The topological polar surface area (TPSA) is 144 Å². The normalized spacial score (nSPS) is 11.4. The summed E-state index contributed by atoms with van der Waals surface area (Å²) in [5, 5.41) is 21.3. The van der Waals surface area contributed by atoms with E-state index in [-0.39, 0.29) is 22.5 Å². The fraction of sp³-hybridized carbons (Fsp3) is 0.0769. The zero-order valence-electron chi connectivity index (χ0n) is 11.5. The summed E-state index contributed by atoms with van der Waals surface area (Å²) in [4.78, 5) is 39.2. The van der Waals surface area contributed by atoms with Gasteiger partial charge in [0.2, 0.25) is 0 Å². The van der Waals surface area contributed by atoms with E-state index in [0.29, 0.717) is 0 Å². The minimum Gasteiger partial charge on any atom is -0.324 e. The number of hydrogen-bond acceptors (Lipinski definition) is 5.